The lowest BCUT2D eigenvalue weighted by Gasteiger charge is -2.45. The number of aromatic nitrogens is 2. The summed E-state index contributed by atoms with van der Waals surface area (Å²) in [4.78, 5) is 6.08. The van der Waals surface area contributed by atoms with Gasteiger partial charge in [-0.15, -0.1) is 22.7 Å². The summed E-state index contributed by atoms with van der Waals surface area (Å²) in [6, 6.07) is 55.5. The topological polar surface area (TPSA) is 38.9 Å². The molecule has 0 N–H and O–H groups in total. The SMILES string of the molecule is Cc1cc(C(c2ccc3ncsc3c2)(c2cccc3ccccc23)C(c2ccccc2)C(Cc2scc3ccccc23)c2ccccc2)no1. The highest BCUT2D eigenvalue weighted by Gasteiger charge is 2.51. The largest absolute Gasteiger partial charge is 0.361 e. The van der Waals surface area contributed by atoms with Crippen molar-refractivity contribution in [1.82, 2.24) is 10.1 Å². The molecule has 9 rings (SSSR count). The average Bonchev–Trinajstić information content (AvgIpc) is 3.94. The Morgan fingerprint density at radius 1 is 0.660 bits per heavy atom. The van der Waals surface area contributed by atoms with Crippen molar-refractivity contribution in [2.24, 2.45) is 0 Å². The molecule has 3 heterocycles. The molecule has 3 unspecified atom stereocenters. The maximum Gasteiger partial charge on any atom is 0.133 e. The normalized spacial score (nSPS) is 14.2. The predicted octanol–water partition coefficient (Wildman–Crippen LogP) is 12.1. The molecular formula is C45H34N2OS2. The fraction of sp³-hybridized carbons (Fsp3) is 0.111. The van der Waals surface area contributed by atoms with Crippen molar-refractivity contribution in [3.05, 3.63) is 201 Å². The molecule has 0 radical (unpaired) electrons. The third-order valence-electron chi connectivity index (χ3n) is 10.3. The van der Waals surface area contributed by atoms with E-state index in [1.807, 2.05) is 23.8 Å². The second kappa shape index (κ2) is 12.8. The summed E-state index contributed by atoms with van der Waals surface area (Å²) in [5, 5.41) is 12.3. The van der Waals surface area contributed by atoms with Crippen LogP contribution in [0.4, 0.5) is 0 Å². The Labute approximate surface area is 299 Å². The Hall–Kier alpha value is -5.36. The van der Waals surface area contributed by atoms with Crippen LogP contribution in [0, 0.1) is 6.92 Å². The minimum Gasteiger partial charge on any atom is -0.361 e. The lowest BCUT2D eigenvalue weighted by molar-refractivity contribution is 0.350. The van der Waals surface area contributed by atoms with E-state index >= 15 is 0 Å². The van der Waals surface area contributed by atoms with Gasteiger partial charge in [0.15, 0.2) is 0 Å². The molecule has 3 aromatic heterocycles. The Bertz CT molecular complexity index is 2560. The van der Waals surface area contributed by atoms with Crippen LogP contribution in [0.1, 0.15) is 50.4 Å². The summed E-state index contributed by atoms with van der Waals surface area (Å²) in [5.74, 6) is 0.734. The number of hydrogen-bond acceptors (Lipinski definition) is 5. The molecule has 50 heavy (non-hydrogen) atoms. The molecule has 0 fully saturated rings. The molecule has 9 aromatic rings. The smallest absolute Gasteiger partial charge is 0.133 e. The van der Waals surface area contributed by atoms with Crippen LogP contribution in [0.3, 0.4) is 0 Å². The second-order valence-electron chi connectivity index (χ2n) is 13.0. The average molecular weight is 683 g/mol. The molecule has 0 aliphatic carbocycles. The maximum atomic E-state index is 6.08. The molecule has 242 valence electrons. The first kappa shape index (κ1) is 30.7. The van der Waals surface area contributed by atoms with Crippen LogP contribution in [0.15, 0.2) is 167 Å². The Kier molecular flexibility index (Phi) is 7.87. The monoisotopic (exact) mass is 682 g/mol. The van der Waals surface area contributed by atoms with Gasteiger partial charge in [-0.3, -0.25) is 0 Å². The quantitative estimate of drug-likeness (QED) is 0.152. The lowest BCUT2D eigenvalue weighted by Crippen LogP contribution is -2.41. The van der Waals surface area contributed by atoms with E-state index in [1.165, 1.54) is 48.7 Å². The molecule has 3 atom stereocenters. The van der Waals surface area contributed by atoms with Crippen LogP contribution in [0.5, 0.6) is 0 Å². The van der Waals surface area contributed by atoms with E-state index in [0.717, 1.165) is 28.1 Å². The molecule has 0 saturated carbocycles. The summed E-state index contributed by atoms with van der Waals surface area (Å²) in [6.45, 7) is 2.00. The fourth-order valence-corrected chi connectivity index (χ4v) is 9.93. The van der Waals surface area contributed by atoms with E-state index in [1.54, 1.807) is 11.3 Å². The van der Waals surface area contributed by atoms with Gasteiger partial charge in [0.2, 0.25) is 0 Å². The van der Waals surface area contributed by atoms with E-state index in [4.69, 9.17) is 14.7 Å². The minimum atomic E-state index is -0.772. The van der Waals surface area contributed by atoms with Crippen molar-refractivity contribution < 1.29 is 4.52 Å². The van der Waals surface area contributed by atoms with Crippen molar-refractivity contribution in [1.29, 1.82) is 0 Å². The number of rotatable bonds is 9. The van der Waals surface area contributed by atoms with Gasteiger partial charge in [0.05, 0.1) is 26.8 Å². The van der Waals surface area contributed by atoms with Gasteiger partial charge in [-0.25, -0.2) is 4.98 Å². The van der Waals surface area contributed by atoms with Gasteiger partial charge in [-0.1, -0.05) is 139 Å². The van der Waals surface area contributed by atoms with Crippen molar-refractivity contribution in [3.8, 4) is 0 Å². The standard InChI is InChI=1S/C45H34N2OS2/c1-30-25-43(47-48-30)45(35-23-24-40-42(26-35)50-29-46-40,39-22-12-19-31-15-8-10-20-36(31)39)44(33-16-6-3-7-17-33)38(32-13-4-2-5-14-32)27-41-37-21-11-9-18-34(37)28-49-41/h2-26,28-29,38,44H,27H2,1H3. The van der Waals surface area contributed by atoms with Crippen molar-refractivity contribution in [2.45, 2.75) is 30.6 Å². The van der Waals surface area contributed by atoms with Gasteiger partial charge < -0.3 is 4.52 Å². The molecular weight excluding hydrogens is 649 g/mol. The van der Waals surface area contributed by atoms with Crippen molar-refractivity contribution in [3.63, 3.8) is 0 Å². The van der Waals surface area contributed by atoms with Crippen LogP contribution in [-0.4, -0.2) is 10.1 Å². The first-order valence-electron chi connectivity index (χ1n) is 17.0. The Balaban J connectivity index is 1.45. The molecule has 0 aliphatic heterocycles. The molecule has 3 nitrogen and oxygen atoms in total. The van der Waals surface area contributed by atoms with Gasteiger partial charge >= 0.3 is 0 Å². The Morgan fingerprint density at radius 2 is 1.36 bits per heavy atom. The Morgan fingerprint density at radius 3 is 2.14 bits per heavy atom. The number of nitrogens with zero attached hydrogens (tertiary/aromatic N) is 2. The third-order valence-corrected chi connectivity index (χ3v) is 12.1. The maximum absolute atomic E-state index is 6.08. The number of benzene rings is 6. The first-order chi connectivity index (χ1) is 24.7. The predicted molar refractivity (Wildman–Crippen MR) is 209 cm³/mol. The second-order valence-corrected chi connectivity index (χ2v) is 14.9. The summed E-state index contributed by atoms with van der Waals surface area (Å²) < 4.78 is 7.23. The minimum absolute atomic E-state index is 0.0498. The number of aryl methyl sites for hydroxylation is 1. The van der Waals surface area contributed by atoms with E-state index < -0.39 is 5.41 Å². The van der Waals surface area contributed by atoms with Gasteiger partial charge in [0.1, 0.15) is 5.76 Å². The molecule has 6 aromatic carbocycles. The van der Waals surface area contributed by atoms with E-state index in [0.29, 0.717) is 0 Å². The van der Waals surface area contributed by atoms with Crippen LogP contribution in [0.25, 0.3) is 31.8 Å². The van der Waals surface area contributed by atoms with Crippen LogP contribution in [-0.2, 0) is 11.8 Å². The molecule has 0 aliphatic rings. The number of thiophene rings is 1. The van der Waals surface area contributed by atoms with Gasteiger partial charge in [-0.05, 0) is 80.6 Å². The fourth-order valence-electron chi connectivity index (χ4n) is 8.15. The summed E-state index contributed by atoms with van der Waals surface area (Å²) >= 11 is 3.55. The first-order valence-corrected chi connectivity index (χ1v) is 18.8. The van der Waals surface area contributed by atoms with Crippen molar-refractivity contribution >= 4 is 54.4 Å². The highest BCUT2D eigenvalue weighted by molar-refractivity contribution is 7.16. The molecule has 0 bridgehead atoms. The summed E-state index contributed by atoms with van der Waals surface area (Å²) in [6.07, 6.45) is 0.855. The zero-order valence-corrected chi connectivity index (χ0v) is 29.2. The van der Waals surface area contributed by atoms with Gasteiger partial charge in [0, 0.05) is 16.9 Å². The highest BCUT2D eigenvalue weighted by Crippen LogP contribution is 2.57. The van der Waals surface area contributed by atoms with Crippen LogP contribution < -0.4 is 0 Å². The van der Waals surface area contributed by atoms with Crippen LogP contribution >= 0.6 is 22.7 Å². The molecule has 0 amide bonds. The van der Waals surface area contributed by atoms with E-state index in [-0.39, 0.29) is 11.8 Å². The molecule has 0 saturated heterocycles. The zero-order valence-electron chi connectivity index (χ0n) is 27.6. The third kappa shape index (κ3) is 5.17. The van der Waals surface area contributed by atoms with E-state index in [9.17, 15) is 0 Å². The zero-order chi connectivity index (χ0) is 33.5. The van der Waals surface area contributed by atoms with Crippen LogP contribution in [0.2, 0.25) is 0 Å². The van der Waals surface area contributed by atoms with E-state index in [2.05, 4.69) is 157 Å². The summed E-state index contributed by atoms with van der Waals surface area (Å²) in [7, 11) is 0. The van der Waals surface area contributed by atoms with Crippen molar-refractivity contribution in [2.75, 3.05) is 0 Å². The lowest BCUT2D eigenvalue weighted by atomic mass is 9.56. The number of hydrogen-bond donors (Lipinski definition) is 0. The molecule has 5 heteroatoms. The summed E-state index contributed by atoms with van der Waals surface area (Å²) in [5.41, 5.74) is 8.00. The number of fused-ring (bicyclic) bond motifs is 3. The highest BCUT2D eigenvalue weighted by atomic mass is 32.1. The van der Waals surface area contributed by atoms with Gasteiger partial charge in [-0.2, -0.15) is 0 Å². The number of thiazole rings is 1. The molecule has 0 spiro atoms. The van der Waals surface area contributed by atoms with Gasteiger partial charge in [0.25, 0.3) is 0 Å².